The summed E-state index contributed by atoms with van der Waals surface area (Å²) in [6, 6.07) is 0. The molecule has 2 rings (SSSR count). The van der Waals surface area contributed by atoms with Crippen LogP contribution in [0.25, 0.3) is 0 Å². The van der Waals surface area contributed by atoms with Crippen molar-refractivity contribution < 1.29 is 19.1 Å². The number of carbonyl (C=O) groups is 2. The molecule has 0 fully saturated rings. The van der Waals surface area contributed by atoms with E-state index >= 15 is 0 Å². The average Bonchev–Trinajstić information content (AvgIpc) is 2.74. The van der Waals surface area contributed by atoms with Gasteiger partial charge in [-0.05, 0) is 0 Å². The fourth-order valence-electron chi connectivity index (χ4n) is 1.11. The molecular formula is C9H6O4S5. The molecule has 1 aromatic heterocycles. The lowest BCUT2D eigenvalue weighted by atomic mass is 10.5. The predicted octanol–water partition coefficient (Wildman–Crippen LogP) is 3.29. The summed E-state index contributed by atoms with van der Waals surface area (Å²) in [6.45, 7) is 0. The molecule has 9 heteroatoms. The lowest BCUT2D eigenvalue weighted by molar-refractivity contribution is -0.138. The number of esters is 2. The molecule has 0 aliphatic carbocycles. The molecular weight excluding hydrogens is 332 g/mol. The van der Waals surface area contributed by atoms with Crippen LogP contribution in [0, 0.1) is 3.14 Å². The van der Waals surface area contributed by atoms with Crippen molar-refractivity contribution in [1.82, 2.24) is 0 Å². The van der Waals surface area contributed by atoms with Gasteiger partial charge >= 0.3 is 11.9 Å². The van der Waals surface area contributed by atoms with Crippen LogP contribution in [0.4, 0.5) is 0 Å². The zero-order chi connectivity index (χ0) is 13.3. The van der Waals surface area contributed by atoms with Gasteiger partial charge in [0, 0.05) is 0 Å². The Labute approximate surface area is 124 Å². The van der Waals surface area contributed by atoms with Crippen molar-refractivity contribution >= 4 is 70.4 Å². The Morgan fingerprint density at radius 3 is 1.67 bits per heavy atom. The SMILES string of the molecule is COC(=O)C1=C(C(=O)OC)Sc2sc(=S)sc2S1. The van der Waals surface area contributed by atoms with Crippen molar-refractivity contribution in [3.05, 3.63) is 12.9 Å². The van der Waals surface area contributed by atoms with Crippen LogP contribution in [0.1, 0.15) is 0 Å². The highest BCUT2D eigenvalue weighted by molar-refractivity contribution is 8.13. The first kappa shape index (κ1) is 14.1. The number of hydrogen-bond donors (Lipinski definition) is 0. The largest absolute Gasteiger partial charge is 0.465 e. The fraction of sp³-hybridized carbons (Fsp3) is 0.222. The van der Waals surface area contributed by atoms with E-state index in [2.05, 4.69) is 9.47 Å². The third-order valence-electron chi connectivity index (χ3n) is 1.86. The first-order chi connectivity index (χ1) is 8.56. The molecule has 1 aliphatic rings. The second-order valence-electron chi connectivity index (χ2n) is 2.87. The van der Waals surface area contributed by atoms with E-state index in [1.165, 1.54) is 60.4 Å². The number of ether oxygens (including phenoxy) is 2. The van der Waals surface area contributed by atoms with Crippen molar-refractivity contribution in [3.63, 3.8) is 0 Å². The molecule has 0 bridgehead atoms. The molecule has 2 heterocycles. The van der Waals surface area contributed by atoms with Crippen LogP contribution < -0.4 is 0 Å². The number of fused-ring (bicyclic) bond motifs is 1. The topological polar surface area (TPSA) is 52.6 Å². The summed E-state index contributed by atoms with van der Waals surface area (Å²) in [6.07, 6.45) is 0. The second kappa shape index (κ2) is 5.74. The predicted molar refractivity (Wildman–Crippen MR) is 75.8 cm³/mol. The number of rotatable bonds is 2. The van der Waals surface area contributed by atoms with E-state index < -0.39 is 11.9 Å². The molecule has 0 saturated carbocycles. The van der Waals surface area contributed by atoms with Gasteiger partial charge in [-0.1, -0.05) is 35.7 Å². The van der Waals surface area contributed by atoms with Crippen LogP contribution >= 0.6 is 58.4 Å². The maximum Gasteiger partial charge on any atom is 0.346 e. The minimum absolute atomic E-state index is 0.255. The summed E-state index contributed by atoms with van der Waals surface area (Å²) in [5.74, 6) is -1.08. The van der Waals surface area contributed by atoms with E-state index in [4.69, 9.17) is 12.2 Å². The summed E-state index contributed by atoms with van der Waals surface area (Å²) >= 11 is 10.4. The lowest BCUT2D eigenvalue weighted by Gasteiger charge is -2.15. The number of thioether (sulfide) groups is 2. The van der Waals surface area contributed by atoms with E-state index in [1.807, 2.05) is 0 Å². The molecule has 0 N–H and O–H groups in total. The molecule has 0 spiro atoms. The van der Waals surface area contributed by atoms with Crippen LogP contribution in [0.3, 0.4) is 0 Å². The fourth-order valence-corrected chi connectivity index (χ4v) is 7.19. The van der Waals surface area contributed by atoms with Gasteiger partial charge in [-0.2, -0.15) is 0 Å². The van der Waals surface area contributed by atoms with E-state index in [0.29, 0.717) is 0 Å². The summed E-state index contributed by atoms with van der Waals surface area (Å²) in [5, 5.41) is 0. The first-order valence-electron chi connectivity index (χ1n) is 4.47. The van der Waals surface area contributed by atoms with Gasteiger partial charge in [0.05, 0.1) is 22.6 Å². The van der Waals surface area contributed by atoms with Gasteiger partial charge in [-0.15, -0.1) is 22.7 Å². The number of carbonyl (C=O) groups excluding carboxylic acids is 2. The van der Waals surface area contributed by atoms with Gasteiger partial charge in [0.2, 0.25) is 0 Å². The maximum absolute atomic E-state index is 11.7. The normalized spacial score (nSPS) is 14.1. The molecule has 18 heavy (non-hydrogen) atoms. The van der Waals surface area contributed by atoms with Crippen LogP contribution in [-0.2, 0) is 19.1 Å². The van der Waals surface area contributed by atoms with Crippen LogP contribution in [0.2, 0.25) is 0 Å². The van der Waals surface area contributed by atoms with Gasteiger partial charge < -0.3 is 9.47 Å². The van der Waals surface area contributed by atoms with Gasteiger partial charge in [0.1, 0.15) is 12.9 Å². The summed E-state index contributed by atoms with van der Waals surface area (Å²) in [7, 11) is 2.56. The van der Waals surface area contributed by atoms with Gasteiger partial charge in [-0.3, -0.25) is 0 Å². The molecule has 0 atom stereocenters. The third kappa shape index (κ3) is 2.64. The molecule has 1 aromatic rings. The molecule has 0 unspecified atom stereocenters. The van der Waals surface area contributed by atoms with Gasteiger partial charge in [0.15, 0.2) is 0 Å². The molecule has 96 valence electrons. The summed E-state index contributed by atoms with van der Waals surface area (Å²) < 4.78 is 12.0. The number of hydrogen-bond acceptors (Lipinski definition) is 9. The first-order valence-corrected chi connectivity index (χ1v) is 8.14. The standard InChI is InChI=1S/C9H6O4S5/c1-12-5(10)3-4(6(11)13-2)16-8-7(15-3)17-9(14)18-8/h1-2H3. The quantitative estimate of drug-likeness (QED) is 0.606. The minimum atomic E-state index is -0.539. The number of methoxy groups -OCH3 is 2. The van der Waals surface area contributed by atoms with Crippen LogP contribution in [0.5, 0.6) is 0 Å². The van der Waals surface area contributed by atoms with E-state index in [-0.39, 0.29) is 9.81 Å². The second-order valence-corrected chi connectivity index (χ2v) is 8.66. The van der Waals surface area contributed by atoms with Crippen molar-refractivity contribution in [1.29, 1.82) is 0 Å². The minimum Gasteiger partial charge on any atom is -0.465 e. The Hall–Kier alpha value is -0.350. The monoisotopic (exact) mass is 338 g/mol. The molecule has 0 aromatic carbocycles. The molecule has 0 radical (unpaired) electrons. The average molecular weight is 338 g/mol. The zero-order valence-corrected chi connectivity index (χ0v) is 13.3. The Morgan fingerprint density at radius 1 is 0.944 bits per heavy atom. The lowest BCUT2D eigenvalue weighted by Crippen LogP contribution is -2.12. The smallest absolute Gasteiger partial charge is 0.346 e. The third-order valence-corrected chi connectivity index (χ3v) is 7.54. The Bertz CT molecular complexity index is 548. The highest BCUT2D eigenvalue weighted by atomic mass is 32.2. The van der Waals surface area contributed by atoms with E-state index in [1.54, 1.807) is 0 Å². The van der Waals surface area contributed by atoms with E-state index in [9.17, 15) is 9.59 Å². The van der Waals surface area contributed by atoms with Crippen molar-refractivity contribution in [2.75, 3.05) is 14.2 Å². The maximum atomic E-state index is 11.7. The summed E-state index contributed by atoms with van der Waals surface area (Å²) in [5.41, 5.74) is 0. The highest BCUT2D eigenvalue weighted by Gasteiger charge is 2.31. The summed E-state index contributed by atoms with van der Waals surface area (Å²) in [4.78, 5) is 23.9. The molecule has 0 saturated heterocycles. The van der Waals surface area contributed by atoms with E-state index in [0.717, 1.165) is 11.6 Å². The van der Waals surface area contributed by atoms with Crippen molar-refractivity contribution in [3.8, 4) is 0 Å². The molecule has 0 amide bonds. The molecule has 1 aliphatic heterocycles. The Morgan fingerprint density at radius 2 is 1.33 bits per heavy atom. The zero-order valence-electron chi connectivity index (χ0n) is 9.17. The van der Waals surface area contributed by atoms with Crippen molar-refractivity contribution in [2.45, 2.75) is 8.42 Å². The van der Waals surface area contributed by atoms with Gasteiger partial charge in [-0.25, -0.2) is 9.59 Å². The highest BCUT2D eigenvalue weighted by Crippen LogP contribution is 2.52. The Kier molecular flexibility index (Phi) is 4.49. The van der Waals surface area contributed by atoms with Crippen LogP contribution in [0.15, 0.2) is 18.2 Å². The van der Waals surface area contributed by atoms with Crippen molar-refractivity contribution in [2.24, 2.45) is 0 Å². The van der Waals surface area contributed by atoms with Crippen LogP contribution in [-0.4, -0.2) is 26.2 Å². The van der Waals surface area contributed by atoms with Gasteiger partial charge in [0.25, 0.3) is 0 Å². The molecule has 4 nitrogen and oxygen atoms in total. The Balaban J connectivity index is 2.47.